The third kappa shape index (κ3) is 3.58. The van der Waals surface area contributed by atoms with Crippen LogP contribution in [0.25, 0.3) is 0 Å². The Balaban J connectivity index is 2.91. The second kappa shape index (κ2) is 6.42. The lowest BCUT2D eigenvalue weighted by Gasteiger charge is -2.21. The zero-order chi connectivity index (χ0) is 12.8. The van der Waals surface area contributed by atoms with Gasteiger partial charge < -0.3 is 9.88 Å². The monoisotopic (exact) mass is 237 g/mol. The molecule has 0 radical (unpaired) electrons. The van der Waals surface area contributed by atoms with Crippen LogP contribution in [0.1, 0.15) is 40.5 Å². The Kier molecular flexibility index (Phi) is 5.19. The summed E-state index contributed by atoms with van der Waals surface area (Å²) in [6.07, 6.45) is 5.37. The summed E-state index contributed by atoms with van der Waals surface area (Å²) in [7, 11) is 0. The first-order valence-electron chi connectivity index (χ1n) is 6.42. The third-order valence-electron chi connectivity index (χ3n) is 2.94. The van der Waals surface area contributed by atoms with E-state index < -0.39 is 0 Å². The maximum atomic E-state index is 12.1. The van der Waals surface area contributed by atoms with Crippen LogP contribution in [-0.4, -0.2) is 15.6 Å². The van der Waals surface area contributed by atoms with Crippen LogP contribution in [0.4, 0.5) is 5.82 Å². The Morgan fingerprint density at radius 3 is 2.65 bits per heavy atom. The van der Waals surface area contributed by atoms with Crippen molar-refractivity contribution in [1.82, 2.24) is 9.55 Å². The second-order valence-electron chi connectivity index (χ2n) is 4.68. The number of aromatic nitrogens is 2. The van der Waals surface area contributed by atoms with Gasteiger partial charge >= 0.3 is 0 Å². The van der Waals surface area contributed by atoms with E-state index in [2.05, 4.69) is 38.0 Å². The topological polar surface area (TPSA) is 46.9 Å². The number of nitrogens with zero attached hydrogens (tertiary/aromatic N) is 2. The van der Waals surface area contributed by atoms with Crippen LogP contribution in [0.3, 0.4) is 0 Å². The van der Waals surface area contributed by atoms with Gasteiger partial charge in [-0.3, -0.25) is 4.79 Å². The van der Waals surface area contributed by atoms with Crippen molar-refractivity contribution in [3.05, 3.63) is 22.7 Å². The lowest BCUT2D eigenvalue weighted by atomic mass is 10.0. The SMILES string of the molecule is CCCn1ccnc(NC(CC)C(C)C)c1=O. The first kappa shape index (κ1) is 13.7. The van der Waals surface area contributed by atoms with Crippen LogP contribution in [0, 0.1) is 5.92 Å². The quantitative estimate of drug-likeness (QED) is 0.827. The number of hydrogen-bond acceptors (Lipinski definition) is 3. The van der Waals surface area contributed by atoms with E-state index in [1.807, 2.05) is 0 Å². The fourth-order valence-electron chi connectivity index (χ4n) is 1.88. The van der Waals surface area contributed by atoms with Gasteiger partial charge in [0.2, 0.25) is 0 Å². The molecule has 4 heteroatoms. The average molecular weight is 237 g/mol. The van der Waals surface area contributed by atoms with E-state index in [0.29, 0.717) is 17.8 Å². The van der Waals surface area contributed by atoms with Gasteiger partial charge in [-0.05, 0) is 18.8 Å². The molecular formula is C13H23N3O. The van der Waals surface area contributed by atoms with E-state index in [-0.39, 0.29) is 5.56 Å². The standard InChI is InChI=1S/C13H23N3O/c1-5-8-16-9-7-14-12(13(16)17)15-11(6-2)10(3)4/h7,9-11H,5-6,8H2,1-4H3,(H,14,15). The maximum Gasteiger partial charge on any atom is 0.293 e. The molecule has 1 unspecified atom stereocenters. The average Bonchev–Trinajstić information content (AvgIpc) is 2.30. The smallest absolute Gasteiger partial charge is 0.293 e. The summed E-state index contributed by atoms with van der Waals surface area (Å²) in [6.45, 7) is 9.21. The van der Waals surface area contributed by atoms with E-state index in [9.17, 15) is 4.79 Å². The Bertz CT molecular complexity index is 398. The summed E-state index contributed by atoms with van der Waals surface area (Å²) in [4.78, 5) is 16.2. The van der Waals surface area contributed by atoms with Gasteiger partial charge in [-0.25, -0.2) is 4.98 Å². The summed E-state index contributed by atoms with van der Waals surface area (Å²) in [5.41, 5.74) is -0.0200. The van der Waals surface area contributed by atoms with Crippen LogP contribution in [0.15, 0.2) is 17.2 Å². The van der Waals surface area contributed by atoms with Crippen LogP contribution < -0.4 is 10.9 Å². The van der Waals surface area contributed by atoms with Crippen molar-refractivity contribution in [3.8, 4) is 0 Å². The molecule has 0 aromatic carbocycles. The Morgan fingerprint density at radius 2 is 2.12 bits per heavy atom. The fraction of sp³-hybridized carbons (Fsp3) is 0.692. The first-order chi connectivity index (χ1) is 8.10. The van der Waals surface area contributed by atoms with E-state index in [0.717, 1.165) is 19.4 Å². The molecule has 0 aliphatic carbocycles. The van der Waals surface area contributed by atoms with Gasteiger partial charge in [0.05, 0.1) is 0 Å². The highest BCUT2D eigenvalue weighted by atomic mass is 16.1. The minimum atomic E-state index is -0.0200. The number of hydrogen-bond donors (Lipinski definition) is 1. The lowest BCUT2D eigenvalue weighted by molar-refractivity contribution is 0.507. The highest BCUT2D eigenvalue weighted by Gasteiger charge is 2.13. The minimum Gasteiger partial charge on any atom is -0.362 e. The lowest BCUT2D eigenvalue weighted by Crippen LogP contribution is -2.31. The highest BCUT2D eigenvalue weighted by Crippen LogP contribution is 2.10. The van der Waals surface area contributed by atoms with Crippen LogP contribution in [0.5, 0.6) is 0 Å². The zero-order valence-corrected chi connectivity index (χ0v) is 11.2. The van der Waals surface area contributed by atoms with E-state index in [4.69, 9.17) is 0 Å². The summed E-state index contributed by atoms with van der Waals surface area (Å²) in [6, 6.07) is 0.299. The molecule has 17 heavy (non-hydrogen) atoms. The molecule has 1 N–H and O–H groups in total. The van der Waals surface area contributed by atoms with Crippen LogP contribution in [0.2, 0.25) is 0 Å². The minimum absolute atomic E-state index is 0.0200. The molecule has 1 heterocycles. The number of aryl methyl sites for hydroxylation is 1. The Hall–Kier alpha value is -1.32. The van der Waals surface area contributed by atoms with Gasteiger partial charge in [-0.1, -0.05) is 27.7 Å². The zero-order valence-electron chi connectivity index (χ0n) is 11.2. The summed E-state index contributed by atoms with van der Waals surface area (Å²) in [5.74, 6) is 0.961. The van der Waals surface area contributed by atoms with Gasteiger partial charge in [-0.15, -0.1) is 0 Å². The number of anilines is 1. The van der Waals surface area contributed by atoms with Crippen molar-refractivity contribution in [2.24, 2.45) is 5.92 Å². The summed E-state index contributed by atoms with van der Waals surface area (Å²) in [5, 5.41) is 3.25. The molecule has 1 aromatic rings. The first-order valence-corrected chi connectivity index (χ1v) is 6.42. The molecule has 1 atom stereocenters. The molecule has 0 aliphatic rings. The molecule has 0 saturated heterocycles. The van der Waals surface area contributed by atoms with Crippen LogP contribution in [-0.2, 0) is 6.54 Å². The van der Waals surface area contributed by atoms with Crippen LogP contribution >= 0.6 is 0 Å². The summed E-state index contributed by atoms with van der Waals surface area (Å²) >= 11 is 0. The van der Waals surface area contributed by atoms with Crippen molar-refractivity contribution in [3.63, 3.8) is 0 Å². The predicted molar refractivity (Wildman–Crippen MR) is 71.3 cm³/mol. The highest BCUT2D eigenvalue weighted by molar-refractivity contribution is 5.32. The van der Waals surface area contributed by atoms with Crippen molar-refractivity contribution >= 4 is 5.82 Å². The third-order valence-corrected chi connectivity index (χ3v) is 2.94. The molecule has 0 saturated carbocycles. The largest absolute Gasteiger partial charge is 0.362 e. The molecule has 4 nitrogen and oxygen atoms in total. The predicted octanol–water partition coefficient (Wildman–Crippen LogP) is 2.50. The second-order valence-corrected chi connectivity index (χ2v) is 4.68. The Labute approximate surface area is 103 Å². The molecule has 0 amide bonds. The van der Waals surface area contributed by atoms with E-state index >= 15 is 0 Å². The molecule has 0 bridgehead atoms. The van der Waals surface area contributed by atoms with Gasteiger partial charge in [0.15, 0.2) is 5.82 Å². The van der Waals surface area contributed by atoms with Crippen molar-refractivity contribution in [2.75, 3.05) is 5.32 Å². The van der Waals surface area contributed by atoms with Gasteiger partial charge in [0.1, 0.15) is 0 Å². The van der Waals surface area contributed by atoms with Crippen molar-refractivity contribution < 1.29 is 0 Å². The summed E-state index contributed by atoms with van der Waals surface area (Å²) < 4.78 is 1.71. The molecule has 0 spiro atoms. The molecule has 0 aliphatic heterocycles. The van der Waals surface area contributed by atoms with Gasteiger partial charge in [-0.2, -0.15) is 0 Å². The molecule has 96 valence electrons. The Morgan fingerprint density at radius 1 is 1.41 bits per heavy atom. The molecular weight excluding hydrogens is 214 g/mol. The van der Waals surface area contributed by atoms with Gasteiger partial charge in [0, 0.05) is 25.0 Å². The normalized spacial score (nSPS) is 12.8. The number of rotatable bonds is 6. The fourth-order valence-corrected chi connectivity index (χ4v) is 1.88. The molecule has 0 fully saturated rings. The number of nitrogens with one attached hydrogen (secondary N) is 1. The van der Waals surface area contributed by atoms with E-state index in [1.165, 1.54) is 0 Å². The maximum absolute atomic E-state index is 12.1. The molecule has 1 rings (SSSR count). The van der Waals surface area contributed by atoms with Crippen molar-refractivity contribution in [1.29, 1.82) is 0 Å². The van der Waals surface area contributed by atoms with Gasteiger partial charge in [0.25, 0.3) is 5.56 Å². The van der Waals surface area contributed by atoms with E-state index in [1.54, 1.807) is 17.0 Å². The van der Waals surface area contributed by atoms with Crippen molar-refractivity contribution in [2.45, 2.75) is 53.1 Å². The molecule has 1 aromatic heterocycles.